The lowest BCUT2D eigenvalue weighted by Crippen LogP contribution is -2.29. The summed E-state index contributed by atoms with van der Waals surface area (Å²) in [6, 6.07) is 11.5. The van der Waals surface area contributed by atoms with Crippen LogP contribution in [0.1, 0.15) is 42.6 Å². The van der Waals surface area contributed by atoms with Crippen LogP contribution in [-0.2, 0) is 30.5 Å². The molecule has 50 heavy (non-hydrogen) atoms. The molecule has 1 unspecified atom stereocenters. The average molecular weight is 714 g/mol. The largest absolute Gasteiger partial charge is 0.445 e. The predicted molar refractivity (Wildman–Crippen MR) is 183 cm³/mol. The molecule has 1 fully saturated rings. The van der Waals surface area contributed by atoms with Gasteiger partial charge >= 0.3 is 6.09 Å². The third kappa shape index (κ3) is 8.64. The van der Waals surface area contributed by atoms with Crippen LogP contribution in [0.3, 0.4) is 0 Å². The molecule has 0 spiro atoms. The summed E-state index contributed by atoms with van der Waals surface area (Å²) in [6.07, 6.45) is 1.36. The summed E-state index contributed by atoms with van der Waals surface area (Å²) in [4.78, 5) is 28.3. The van der Waals surface area contributed by atoms with Gasteiger partial charge in [-0.3, -0.25) is 4.79 Å². The van der Waals surface area contributed by atoms with Gasteiger partial charge in [-0.15, -0.1) is 5.10 Å². The molecule has 1 saturated heterocycles. The number of halogens is 2. The van der Waals surface area contributed by atoms with Crippen LogP contribution in [0.4, 0.5) is 25.1 Å². The zero-order valence-corrected chi connectivity index (χ0v) is 29.2. The molecule has 0 radical (unpaired) electrons. The fourth-order valence-electron chi connectivity index (χ4n) is 5.51. The summed E-state index contributed by atoms with van der Waals surface area (Å²) in [5.74, 6) is -2.82. The molecule has 0 aliphatic carbocycles. The van der Waals surface area contributed by atoms with E-state index in [2.05, 4.69) is 27.6 Å². The highest BCUT2D eigenvalue weighted by molar-refractivity contribution is 7.91. The first-order valence-corrected chi connectivity index (χ1v) is 17.8. The summed E-state index contributed by atoms with van der Waals surface area (Å²) < 4.78 is 71.9. The Kier molecular flexibility index (Phi) is 11.8. The fourth-order valence-corrected chi connectivity index (χ4v) is 6.83. The highest BCUT2D eigenvalue weighted by atomic mass is 32.2. The van der Waals surface area contributed by atoms with Crippen LogP contribution in [-0.4, -0.2) is 94.3 Å². The van der Waals surface area contributed by atoms with Crippen molar-refractivity contribution in [3.63, 3.8) is 0 Å². The van der Waals surface area contributed by atoms with Crippen molar-refractivity contribution in [3.8, 4) is 0 Å². The first kappa shape index (κ1) is 36.8. The molecule has 0 saturated carbocycles. The third-order valence-electron chi connectivity index (χ3n) is 8.49. The van der Waals surface area contributed by atoms with Gasteiger partial charge in [-0.05, 0) is 95.2 Å². The van der Waals surface area contributed by atoms with E-state index in [0.29, 0.717) is 49.3 Å². The highest BCUT2D eigenvalue weighted by Crippen LogP contribution is 2.31. The summed E-state index contributed by atoms with van der Waals surface area (Å²) in [5, 5.41) is 10.6. The van der Waals surface area contributed by atoms with Crippen LogP contribution >= 0.6 is 0 Å². The van der Waals surface area contributed by atoms with E-state index in [1.54, 1.807) is 13.0 Å². The smallest absolute Gasteiger partial charge is 0.435 e. The molecule has 12 nitrogen and oxygen atoms in total. The summed E-state index contributed by atoms with van der Waals surface area (Å²) in [7, 11) is -0.437. The number of hydrogen-bond donors (Lipinski definition) is 2. The second kappa shape index (κ2) is 16.1. The van der Waals surface area contributed by atoms with E-state index < -0.39 is 38.4 Å². The Morgan fingerprint density at radius 1 is 1.02 bits per heavy atom. The Hall–Kier alpha value is -4.44. The molecular formula is C35H41F2N5O7S. The third-order valence-corrected chi connectivity index (χ3v) is 10.2. The normalized spacial score (nSPS) is 14.5. The van der Waals surface area contributed by atoms with Gasteiger partial charge < -0.3 is 29.7 Å². The molecule has 1 aromatic heterocycles. The second-order valence-electron chi connectivity index (χ2n) is 12.2. The number of likely N-dealkylation sites (N-methyl/N-ethyl adjacent to an activating group) is 1. The topological polar surface area (TPSA) is 141 Å². The molecule has 1 aliphatic rings. The zero-order valence-electron chi connectivity index (χ0n) is 28.4. The zero-order chi connectivity index (χ0) is 36.0. The molecule has 1 amide bonds. The average Bonchev–Trinajstić information content (AvgIpc) is 3.44. The van der Waals surface area contributed by atoms with Crippen LogP contribution in [0.5, 0.6) is 0 Å². The lowest BCUT2D eigenvalue weighted by atomic mass is 10.0. The van der Waals surface area contributed by atoms with Gasteiger partial charge in [0.15, 0.2) is 5.82 Å². The van der Waals surface area contributed by atoms with Crippen LogP contribution < -0.4 is 10.6 Å². The number of nitrogens with zero attached hydrogens (tertiary/aromatic N) is 3. The Morgan fingerprint density at radius 2 is 1.74 bits per heavy atom. The molecule has 1 atom stereocenters. The monoisotopic (exact) mass is 713 g/mol. The maximum Gasteiger partial charge on any atom is 0.435 e. The Bertz CT molecular complexity index is 1940. The van der Waals surface area contributed by atoms with Crippen molar-refractivity contribution in [2.75, 3.05) is 57.8 Å². The van der Waals surface area contributed by atoms with E-state index in [9.17, 15) is 26.8 Å². The van der Waals surface area contributed by atoms with Crippen molar-refractivity contribution in [2.45, 2.75) is 55.0 Å². The number of carbonyl (C=O) groups is 2. The van der Waals surface area contributed by atoms with Crippen molar-refractivity contribution in [2.24, 2.45) is 0 Å². The van der Waals surface area contributed by atoms with Crippen molar-refractivity contribution in [3.05, 3.63) is 77.4 Å². The number of rotatable bonds is 13. The van der Waals surface area contributed by atoms with Crippen molar-refractivity contribution >= 4 is 44.2 Å². The van der Waals surface area contributed by atoms with E-state index in [0.717, 1.165) is 29.5 Å². The van der Waals surface area contributed by atoms with E-state index in [1.165, 1.54) is 18.2 Å². The fraction of sp³-hybridized carbons (Fsp3) is 0.400. The Morgan fingerprint density at radius 3 is 2.42 bits per heavy atom. The number of carbonyl (C=O) groups excluding carboxylic acids is 2. The molecule has 3 aromatic carbocycles. The molecule has 15 heteroatoms. The van der Waals surface area contributed by atoms with Gasteiger partial charge in [-0.2, -0.15) is 4.68 Å². The minimum Gasteiger partial charge on any atom is -0.445 e. The number of benzene rings is 3. The lowest BCUT2D eigenvalue weighted by molar-refractivity contribution is 0.0786. The van der Waals surface area contributed by atoms with Crippen LogP contribution in [0, 0.1) is 11.6 Å². The predicted octanol–water partition coefficient (Wildman–Crippen LogP) is 5.50. The number of hydrogen-bond acceptors (Lipinski definition) is 10. The van der Waals surface area contributed by atoms with Crippen LogP contribution in [0.2, 0.25) is 0 Å². The van der Waals surface area contributed by atoms with Gasteiger partial charge in [0, 0.05) is 49.0 Å². The number of ether oxygens (including phenoxy) is 3. The molecule has 2 heterocycles. The summed E-state index contributed by atoms with van der Waals surface area (Å²) >= 11 is 0. The molecule has 2 N–H and O–H groups in total. The van der Waals surface area contributed by atoms with Gasteiger partial charge in [0.2, 0.25) is 9.84 Å². The number of amides is 1. The number of nitrogens with one attached hydrogen (secondary N) is 2. The van der Waals surface area contributed by atoms with E-state index in [1.807, 2.05) is 26.2 Å². The number of anilines is 2. The van der Waals surface area contributed by atoms with Crippen molar-refractivity contribution in [1.82, 2.24) is 14.7 Å². The van der Waals surface area contributed by atoms with Crippen LogP contribution in [0.25, 0.3) is 10.9 Å². The molecule has 0 bridgehead atoms. The van der Waals surface area contributed by atoms with E-state index >= 15 is 0 Å². The second-order valence-corrected chi connectivity index (χ2v) is 14.2. The molecule has 5 rings (SSSR count). The van der Waals surface area contributed by atoms with E-state index in [-0.39, 0.29) is 46.9 Å². The Labute approximate surface area is 289 Å². The van der Waals surface area contributed by atoms with Gasteiger partial charge in [0.1, 0.15) is 18.2 Å². The number of sulfone groups is 1. The minimum absolute atomic E-state index is 0.0729. The van der Waals surface area contributed by atoms with Gasteiger partial charge in [0.25, 0.3) is 5.91 Å². The number of fused-ring (bicyclic) bond motifs is 1. The molecule has 1 aliphatic heterocycles. The first-order chi connectivity index (χ1) is 23.9. The highest BCUT2D eigenvalue weighted by Gasteiger charge is 2.26. The maximum atomic E-state index is 14.0. The quantitative estimate of drug-likeness (QED) is 0.171. The summed E-state index contributed by atoms with van der Waals surface area (Å²) in [6.45, 7) is 5.57. The standard InChI is InChI=1S/C35H41F2N5O7S/c1-5-47-14-15-49-35(44)42-32-9-7-27(50(45,46)28-19-24(36)18-25(37)20-28)21-30(32)33(40-42)39-34(43)29-8-6-23(16-22(2)41(3)4)17-31(29)38-26-10-12-48-13-11-26/h6-9,17-22,26,38H,5,10-16H2,1-4H3,(H,39,40,43). The van der Waals surface area contributed by atoms with Gasteiger partial charge in [-0.25, -0.2) is 22.0 Å². The first-order valence-electron chi connectivity index (χ1n) is 16.3. The lowest BCUT2D eigenvalue weighted by Gasteiger charge is -2.26. The minimum atomic E-state index is -4.43. The Balaban J connectivity index is 1.54. The maximum absolute atomic E-state index is 14.0. The van der Waals surface area contributed by atoms with Crippen LogP contribution in [0.15, 0.2) is 64.4 Å². The molecule has 268 valence electrons. The van der Waals surface area contributed by atoms with E-state index in [4.69, 9.17) is 14.2 Å². The van der Waals surface area contributed by atoms with Gasteiger partial charge in [0.05, 0.1) is 27.5 Å². The summed E-state index contributed by atoms with van der Waals surface area (Å²) in [5.41, 5.74) is 2.05. The molecule has 4 aromatic rings. The van der Waals surface area contributed by atoms with Crippen molar-refractivity contribution in [1.29, 1.82) is 0 Å². The van der Waals surface area contributed by atoms with Crippen molar-refractivity contribution < 1.29 is 41.0 Å². The number of aromatic nitrogens is 2. The SMILES string of the molecule is CCOCCOC(=O)n1nc(NC(=O)c2ccc(CC(C)N(C)C)cc2NC2CCOCC2)c2cc(S(=O)(=O)c3cc(F)cc(F)c3)ccc21. The molecular weight excluding hydrogens is 672 g/mol. The van der Waals surface area contributed by atoms with Gasteiger partial charge in [-0.1, -0.05) is 6.07 Å².